The number of benzene rings is 3. The second-order valence-corrected chi connectivity index (χ2v) is 6.20. The fourth-order valence-corrected chi connectivity index (χ4v) is 2.86. The number of ketones is 1. The number of hydrogen-bond donors (Lipinski definition) is 1. The molecule has 0 aliphatic heterocycles. The van der Waals surface area contributed by atoms with Crippen molar-refractivity contribution in [1.82, 2.24) is 0 Å². The van der Waals surface area contributed by atoms with E-state index in [9.17, 15) is 9.59 Å². The normalized spacial score (nSPS) is 10.3. The van der Waals surface area contributed by atoms with Gasteiger partial charge >= 0.3 is 0 Å². The minimum atomic E-state index is -0.358. The highest BCUT2D eigenvalue weighted by Gasteiger charge is 2.18. The molecular weight excluding hydrogens is 362 g/mol. The van der Waals surface area contributed by atoms with E-state index in [-0.39, 0.29) is 11.7 Å². The molecular formula is C22H18ClNO3. The Kier molecular flexibility index (Phi) is 5.89. The molecule has 5 heteroatoms. The number of nitrogens with one attached hydrogen (secondary N) is 1. The lowest BCUT2D eigenvalue weighted by Crippen LogP contribution is -2.16. The number of carbonyl (C=O) groups is 2. The average molecular weight is 380 g/mol. The smallest absolute Gasteiger partial charge is 0.259 e. The number of amides is 1. The third-order valence-electron chi connectivity index (χ3n) is 3.94. The van der Waals surface area contributed by atoms with E-state index in [0.29, 0.717) is 39.8 Å². The molecule has 136 valence electrons. The monoisotopic (exact) mass is 379 g/mol. The Labute approximate surface area is 162 Å². The zero-order valence-electron chi connectivity index (χ0n) is 14.7. The highest BCUT2D eigenvalue weighted by molar-refractivity contribution is 6.31. The third-order valence-corrected chi connectivity index (χ3v) is 4.18. The Hall–Kier alpha value is -3.11. The van der Waals surface area contributed by atoms with Crippen LogP contribution in [0.3, 0.4) is 0 Å². The van der Waals surface area contributed by atoms with E-state index in [2.05, 4.69) is 5.32 Å². The molecule has 0 saturated heterocycles. The number of anilines is 1. The molecule has 0 aliphatic rings. The summed E-state index contributed by atoms with van der Waals surface area (Å²) in [5.41, 5.74) is 1.64. The van der Waals surface area contributed by atoms with E-state index in [1.54, 1.807) is 66.7 Å². The molecule has 3 aromatic rings. The highest BCUT2D eigenvalue weighted by Crippen LogP contribution is 2.26. The van der Waals surface area contributed by atoms with Gasteiger partial charge in [0.2, 0.25) is 0 Å². The fourth-order valence-electron chi connectivity index (χ4n) is 2.68. The van der Waals surface area contributed by atoms with E-state index in [1.165, 1.54) is 0 Å². The number of halogens is 1. The molecule has 3 aromatic carbocycles. The van der Waals surface area contributed by atoms with E-state index in [1.807, 2.05) is 13.0 Å². The summed E-state index contributed by atoms with van der Waals surface area (Å²) in [5.74, 6) is -0.0858. The summed E-state index contributed by atoms with van der Waals surface area (Å²) in [4.78, 5) is 25.6. The molecule has 0 bridgehead atoms. The van der Waals surface area contributed by atoms with Crippen LogP contribution in [0, 0.1) is 0 Å². The highest BCUT2D eigenvalue weighted by atomic mass is 35.5. The lowest BCUT2D eigenvalue weighted by molar-refractivity contribution is 0.102. The first-order valence-corrected chi connectivity index (χ1v) is 8.90. The Bertz CT molecular complexity index is 970. The van der Waals surface area contributed by atoms with Crippen LogP contribution in [0.2, 0.25) is 5.02 Å². The van der Waals surface area contributed by atoms with Gasteiger partial charge in [0.25, 0.3) is 5.91 Å². The fraction of sp³-hybridized carbons (Fsp3) is 0.0909. The maximum Gasteiger partial charge on any atom is 0.259 e. The maximum absolute atomic E-state index is 12.9. The van der Waals surface area contributed by atoms with Gasteiger partial charge in [-0.05, 0) is 37.3 Å². The molecule has 0 fully saturated rings. The molecule has 4 nitrogen and oxygen atoms in total. The summed E-state index contributed by atoms with van der Waals surface area (Å²) < 4.78 is 5.51. The van der Waals surface area contributed by atoms with Gasteiger partial charge in [-0.15, -0.1) is 0 Å². The molecule has 0 aromatic heterocycles. The van der Waals surface area contributed by atoms with E-state index in [0.717, 1.165) is 0 Å². The van der Waals surface area contributed by atoms with Gasteiger partial charge in [0.15, 0.2) is 5.78 Å². The molecule has 0 aliphatic carbocycles. The van der Waals surface area contributed by atoms with Crippen LogP contribution in [-0.2, 0) is 0 Å². The van der Waals surface area contributed by atoms with E-state index >= 15 is 0 Å². The molecule has 0 saturated carbocycles. The summed E-state index contributed by atoms with van der Waals surface area (Å²) in [6, 6.07) is 20.6. The van der Waals surface area contributed by atoms with Crippen LogP contribution in [0.4, 0.5) is 5.69 Å². The van der Waals surface area contributed by atoms with Crippen molar-refractivity contribution in [3.05, 3.63) is 94.5 Å². The maximum atomic E-state index is 12.9. The second-order valence-electron chi connectivity index (χ2n) is 5.77. The first kappa shape index (κ1) is 18.7. The van der Waals surface area contributed by atoms with Crippen molar-refractivity contribution in [2.75, 3.05) is 11.9 Å². The summed E-state index contributed by atoms with van der Waals surface area (Å²) in [6.45, 7) is 2.30. The summed E-state index contributed by atoms with van der Waals surface area (Å²) in [5, 5.41) is 3.22. The first-order chi connectivity index (χ1) is 13.1. The van der Waals surface area contributed by atoms with E-state index in [4.69, 9.17) is 16.3 Å². The van der Waals surface area contributed by atoms with Crippen LogP contribution >= 0.6 is 11.6 Å². The molecule has 0 atom stereocenters. The zero-order chi connectivity index (χ0) is 19.2. The van der Waals surface area contributed by atoms with Crippen LogP contribution in [-0.4, -0.2) is 18.3 Å². The Morgan fingerprint density at radius 1 is 0.926 bits per heavy atom. The van der Waals surface area contributed by atoms with Gasteiger partial charge in [-0.2, -0.15) is 0 Å². The molecule has 3 rings (SSSR count). The van der Waals surface area contributed by atoms with Crippen molar-refractivity contribution in [1.29, 1.82) is 0 Å². The van der Waals surface area contributed by atoms with Crippen molar-refractivity contribution in [2.24, 2.45) is 0 Å². The molecule has 0 heterocycles. The minimum absolute atomic E-state index is 0.216. The lowest BCUT2D eigenvalue weighted by Gasteiger charge is -2.13. The minimum Gasteiger partial charge on any atom is -0.493 e. The van der Waals surface area contributed by atoms with Gasteiger partial charge in [0, 0.05) is 16.1 Å². The molecule has 1 amide bonds. The number of para-hydroxylation sites is 1. The van der Waals surface area contributed by atoms with Crippen LogP contribution in [0.5, 0.6) is 5.75 Å². The summed E-state index contributed by atoms with van der Waals surface area (Å²) in [7, 11) is 0. The number of hydrogen-bond acceptors (Lipinski definition) is 3. The van der Waals surface area contributed by atoms with Gasteiger partial charge < -0.3 is 10.1 Å². The molecule has 0 radical (unpaired) electrons. The van der Waals surface area contributed by atoms with Crippen molar-refractivity contribution >= 4 is 29.0 Å². The second kappa shape index (κ2) is 8.52. The first-order valence-electron chi connectivity index (χ1n) is 8.52. The molecule has 0 unspecified atom stereocenters. The Balaban J connectivity index is 1.94. The van der Waals surface area contributed by atoms with Gasteiger partial charge in [0.05, 0.1) is 17.9 Å². The molecule has 27 heavy (non-hydrogen) atoms. The predicted octanol–water partition coefficient (Wildman–Crippen LogP) is 5.22. The van der Waals surface area contributed by atoms with Crippen molar-refractivity contribution in [2.45, 2.75) is 6.92 Å². The topological polar surface area (TPSA) is 55.4 Å². The zero-order valence-corrected chi connectivity index (χ0v) is 15.5. The quantitative estimate of drug-likeness (QED) is 0.597. The van der Waals surface area contributed by atoms with Crippen LogP contribution in [0.1, 0.15) is 33.2 Å². The largest absolute Gasteiger partial charge is 0.493 e. The Morgan fingerprint density at radius 2 is 1.63 bits per heavy atom. The average Bonchev–Trinajstić information content (AvgIpc) is 2.70. The van der Waals surface area contributed by atoms with Crippen molar-refractivity contribution in [3.63, 3.8) is 0 Å². The van der Waals surface area contributed by atoms with E-state index < -0.39 is 0 Å². The summed E-state index contributed by atoms with van der Waals surface area (Å²) in [6.07, 6.45) is 0. The number of rotatable bonds is 6. The summed E-state index contributed by atoms with van der Waals surface area (Å²) >= 11 is 6.08. The SMILES string of the molecule is CCOc1ccccc1C(=O)Nc1ccc(Cl)cc1C(=O)c1ccccc1. The van der Waals surface area contributed by atoms with Crippen LogP contribution < -0.4 is 10.1 Å². The molecule has 0 spiro atoms. The van der Waals surface area contributed by atoms with Gasteiger partial charge in [-0.25, -0.2) is 0 Å². The van der Waals surface area contributed by atoms with Crippen molar-refractivity contribution in [3.8, 4) is 5.75 Å². The third kappa shape index (κ3) is 4.36. The van der Waals surface area contributed by atoms with Gasteiger partial charge in [0.1, 0.15) is 5.75 Å². The van der Waals surface area contributed by atoms with Gasteiger partial charge in [-0.1, -0.05) is 54.1 Å². The standard InChI is InChI=1S/C22H18ClNO3/c1-2-27-20-11-7-6-10-17(20)22(26)24-19-13-12-16(23)14-18(19)21(25)15-8-4-3-5-9-15/h3-14H,2H2,1H3,(H,24,26). The number of ether oxygens (including phenoxy) is 1. The Morgan fingerprint density at radius 3 is 2.37 bits per heavy atom. The molecule has 1 N–H and O–H groups in total. The van der Waals surface area contributed by atoms with Crippen LogP contribution in [0.15, 0.2) is 72.8 Å². The van der Waals surface area contributed by atoms with Gasteiger partial charge in [-0.3, -0.25) is 9.59 Å². The predicted molar refractivity (Wildman–Crippen MR) is 107 cm³/mol. The van der Waals surface area contributed by atoms with Crippen molar-refractivity contribution < 1.29 is 14.3 Å². The number of carbonyl (C=O) groups excluding carboxylic acids is 2. The lowest BCUT2D eigenvalue weighted by atomic mass is 10.0. The van der Waals surface area contributed by atoms with Crippen LogP contribution in [0.25, 0.3) is 0 Å².